The Hall–Kier alpha value is -1.42. The molecule has 2 unspecified atom stereocenters. The van der Waals surface area contributed by atoms with Crippen LogP contribution in [0.3, 0.4) is 0 Å². The van der Waals surface area contributed by atoms with Gasteiger partial charge in [-0.3, -0.25) is 0 Å². The van der Waals surface area contributed by atoms with Gasteiger partial charge in [0.2, 0.25) is 0 Å². The average Bonchev–Trinajstić information content (AvgIpc) is 2.54. The smallest absolute Gasteiger partial charge is 0.0502 e. The Labute approximate surface area is 137 Å². The highest BCUT2D eigenvalue weighted by molar-refractivity contribution is 7.39. The maximum Gasteiger partial charge on any atom is 0.0502 e. The lowest BCUT2D eigenvalue weighted by molar-refractivity contribution is 0.924. The lowest BCUT2D eigenvalue weighted by atomic mass is 9.98. The van der Waals surface area contributed by atoms with Crippen molar-refractivity contribution in [1.82, 2.24) is 0 Å². The third-order valence-corrected chi connectivity index (χ3v) is 4.49. The molecule has 3 heteroatoms. The van der Waals surface area contributed by atoms with E-state index in [4.69, 9.17) is 0 Å². The SMILES string of the molecule is CCCc1ccc2cc(-c3ccccc3N(P)P)ccc2c1. The second-order valence-corrected chi connectivity index (χ2v) is 7.28. The third-order valence-electron chi connectivity index (χ3n) is 3.94. The number of nitrogens with zero attached hydrogens (tertiary/aromatic N) is 1. The maximum absolute atomic E-state index is 2.70. The Bertz CT molecular complexity index is 796. The molecule has 0 aliphatic rings. The number of hydrogen-bond donors (Lipinski definition) is 0. The number of benzene rings is 3. The summed E-state index contributed by atoms with van der Waals surface area (Å²) in [7, 11) is 5.40. The van der Waals surface area contributed by atoms with E-state index in [1.165, 1.54) is 39.6 Å². The van der Waals surface area contributed by atoms with Gasteiger partial charge in [0.1, 0.15) is 0 Å². The summed E-state index contributed by atoms with van der Waals surface area (Å²) in [6.07, 6.45) is 2.34. The van der Waals surface area contributed by atoms with Crippen LogP contribution in [-0.4, -0.2) is 0 Å². The van der Waals surface area contributed by atoms with Gasteiger partial charge in [-0.25, -0.2) is 0 Å². The number of rotatable bonds is 4. The number of para-hydroxylation sites is 1. The molecule has 22 heavy (non-hydrogen) atoms. The zero-order chi connectivity index (χ0) is 15.5. The predicted molar refractivity (Wildman–Crippen MR) is 105 cm³/mol. The molecule has 0 spiro atoms. The normalized spacial score (nSPS) is 10.9. The van der Waals surface area contributed by atoms with Crippen molar-refractivity contribution in [2.75, 3.05) is 4.44 Å². The van der Waals surface area contributed by atoms with Gasteiger partial charge in [0, 0.05) is 5.56 Å². The molecule has 112 valence electrons. The number of hydrogen-bond acceptors (Lipinski definition) is 1. The van der Waals surface area contributed by atoms with E-state index in [1.54, 1.807) is 0 Å². The highest BCUT2D eigenvalue weighted by Gasteiger charge is 2.07. The van der Waals surface area contributed by atoms with Crippen LogP contribution in [0.4, 0.5) is 5.69 Å². The van der Waals surface area contributed by atoms with Crippen LogP contribution in [0.5, 0.6) is 0 Å². The summed E-state index contributed by atoms with van der Waals surface area (Å²) in [5, 5.41) is 2.62. The molecule has 0 heterocycles. The van der Waals surface area contributed by atoms with Crippen molar-refractivity contribution in [2.24, 2.45) is 0 Å². The quantitative estimate of drug-likeness (QED) is 0.544. The average molecular weight is 325 g/mol. The van der Waals surface area contributed by atoms with Crippen LogP contribution in [0, 0.1) is 0 Å². The van der Waals surface area contributed by atoms with Crippen LogP contribution >= 0.6 is 18.8 Å². The summed E-state index contributed by atoms with van der Waals surface area (Å²) < 4.78 is 2.00. The van der Waals surface area contributed by atoms with Crippen molar-refractivity contribution in [3.63, 3.8) is 0 Å². The van der Waals surface area contributed by atoms with Gasteiger partial charge in [-0.1, -0.05) is 61.9 Å². The van der Waals surface area contributed by atoms with Crippen LogP contribution in [0.1, 0.15) is 18.9 Å². The summed E-state index contributed by atoms with van der Waals surface area (Å²) >= 11 is 0. The first-order valence-electron chi connectivity index (χ1n) is 7.60. The summed E-state index contributed by atoms with van der Waals surface area (Å²) in [5.41, 5.74) is 5.09. The minimum absolute atomic E-state index is 1.15. The van der Waals surface area contributed by atoms with Gasteiger partial charge >= 0.3 is 0 Å². The van der Waals surface area contributed by atoms with Gasteiger partial charge in [0.15, 0.2) is 0 Å². The summed E-state index contributed by atoms with van der Waals surface area (Å²) in [6, 6.07) is 22.0. The van der Waals surface area contributed by atoms with E-state index in [2.05, 4.69) is 86.4 Å². The van der Waals surface area contributed by atoms with Gasteiger partial charge in [-0.15, -0.1) is 0 Å². The molecule has 0 bridgehead atoms. The minimum atomic E-state index is 1.15. The zero-order valence-corrected chi connectivity index (χ0v) is 15.1. The third kappa shape index (κ3) is 3.17. The topological polar surface area (TPSA) is 3.24 Å². The van der Waals surface area contributed by atoms with E-state index < -0.39 is 0 Å². The van der Waals surface area contributed by atoms with E-state index in [0.29, 0.717) is 0 Å². The Kier molecular flexibility index (Phi) is 4.77. The van der Waals surface area contributed by atoms with E-state index in [-0.39, 0.29) is 0 Å². The Balaban J connectivity index is 2.08. The van der Waals surface area contributed by atoms with Crippen molar-refractivity contribution in [2.45, 2.75) is 19.8 Å². The molecule has 1 nitrogen and oxygen atoms in total. The fourth-order valence-corrected chi connectivity index (χ4v) is 3.30. The molecule has 2 atom stereocenters. The standard InChI is InChI=1S/C19H21NP2/c1-2-5-14-8-9-16-13-17(11-10-15(16)12-14)18-6-3-4-7-19(18)20(21)22/h3-4,6-13H,2,5,21-22H2,1H3. The monoisotopic (exact) mass is 325 g/mol. The maximum atomic E-state index is 2.70. The molecular weight excluding hydrogens is 304 g/mol. The number of aryl methyl sites for hydroxylation is 1. The molecule has 0 saturated heterocycles. The molecule has 0 aliphatic heterocycles. The molecule has 3 rings (SSSR count). The van der Waals surface area contributed by atoms with Gasteiger partial charge in [0.25, 0.3) is 0 Å². The van der Waals surface area contributed by atoms with E-state index in [1.807, 2.05) is 4.44 Å². The predicted octanol–water partition coefficient (Wildman–Crippen LogP) is 5.85. The first-order chi connectivity index (χ1) is 10.7. The molecule has 0 amide bonds. The van der Waals surface area contributed by atoms with Gasteiger partial charge in [0.05, 0.1) is 5.69 Å². The van der Waals surface area contributed by atoms with Gasteiger partial charge in [-0.05, 0) is 59.2 Å². The van der Waals surface area contributed by atoms with E-state index >= 15 is 0 Å². The van der Waals surface area contributed by atoms with Crippen molar-refractivity contribution >= 4 is 35.2 Å². The molecular formula is C19H21NP2. The summed E-state index contributed by atoms with van der Waals surface area (Å²) in [4.78, 5) is 0. The molecule has 3 aromatic carbocycles. The molecule has 0 radical (unpaired) electrons. The van der Waals surface area contributed by atoms with Crippen LogP contribution < -0.4 is 4.44 Å². The molecule has 0 aromatic heterocycles. The molecule has 0 fully saturated rings. The Morgan fingerprint density at radius 1 is 0.864 bits per heavy atom. The van der Waals surface area contributed by atoms with Crippen molar-refractivity contribution < 1.29 is 0 Å². The van der Waals surface area contributed by atoms with Crippen LogP contribution in [-0.2, 0) is 6.42 Å². The molecule has 0 N–H and O–H groups in total. The van der Waals surface area contributed by atoms with Crippen molar-refractivity contribution in [3.05, 3.63) is 66.2 Å². The second-order valence-electron chi connectivity index (χ2n) is 5.57. The lowest BCUT2D eigenvalue weighted by Crippen LogP contribution is -1.93. The summed E-state index contributed by atoms with van der Waals surface area (Å²) in [6.45, 7) is 2.22. The van der Waals surface area contributed by atoms with E-state index in [0.717, 1.165) is 6.42 Å². The van der Waals surface area contributed by atoms with Crippen molar-refractivity contribution in [1.29, 1.82) is 0 Å². The molecule has 0 saturated carbocycles. The lowest BCUT2D eigenvalue weighted by Gasteiger charge is -2.17. The number of fused-ring (bicyclic) bond motifs is 1. The molecule has 3 aromatic rings. The first kappa shape index (κ1) is 15.5. The summed E-state index contributed by atoms with van der Waals surface area (Å²) in [5.74, 6) is 0. The first-order valence-corrected chi connectivity index (χ1v) is 8.64. The van der Waals surface area contributed by atoms with Crippen molar-refractivity contribution in [3.8, 4) is 11.1 Å². The Morgan fingerprint density at radius 3 is 2.36 bits per heavy atom. The van der Waals surface area contributed by atoms with Gasteiger partial charge < -0.3 is 4.44 Å². The molecule has 0 aliphatic carbocycles. The fourth-order valence-electron chi connectivity index (χ4n) is 2.85. The highest BCUT2D eigenvalue weighted by atomic mass is 31.1. The highest BCUT2D eigenvalue weighted by Crippen LogP contribution is 2.35. The Morgan fingerprint density at radius 2 is 1.59 bits per heavy atom. The second kappa shape index (κ2) is 6.78. The van der Waals surface area contributed by atoms with E-state index in [9.17, 15) is 0 Å². The number of anilines is 1. The largest absolute Gasteiger partial charge is 0.340 e. The van der Waals surface area contributed by atoms with Crippen LogP contribution in [0.15, 0.2) is 60.7 Å². The minimum Gasteiger partial charge on any atom is -0.340 e. The van der Waals surface area contributed by atoms with Crippen LogP contribution in [0.25, 0.3) is 21.9 Å². The fraction of sp³-hybridized carbons (Fsp3) is 0.158. The van der Waals surface area contributed by atoms with Crippen LogP contribution in [0.2, 0.25) is 0 Å². The zero-order valence-electron chi connectivity index (χ0n) is 12.8. The van der Waals surface area contributed by atoms with Gasteiger partial charge in [-0.2, -0.15) is 0 Å².